The Balaban J connectivity index is 1.57. The van der Waals surface area contributed by atoms with Gasteiger partial charge in [-0.25, -0.2) is 9.67 Å². The molecule has 3 aromatic carbocycles. The summed E-state index contributed by atoms with van der Waals surface area (Å²) in [7, 11) is 0. The number of hydrogen-bond acceptors (Lipinski definition) is 3. The third-order valence-corrected chi connectivity index (χ3v) is 4.39. The van der Waals surface area contributed by atoms with Gasteiger partial charge in [-0.05, 0) is 18.6 Å². The van der Waals surface area contributed by atoms with Crippen molar-refractivity contribution in [3.63, 3.8) is 0 Å². The third-order valence-electron chi connectivity index (χ3n) is 4.39. The first-order chi connectivity index (χ1) is 13.7. The van der Waals surface area contributed by atoms with Gasteiger partial charge in [-0.1, -0.05) is 78.9 Å². The van der Waals surface area contributed by atoms with Gasteiger partial charge in [-0.15, -0.1) is 0 Å². The molecule has 0 saturated carbocycles. The Morgan fingerprint density at radius 2 is 1.46 bits per heavy atom. The summed E-state index contributed by atoms with van der Waals surface area (Å²) >= 11 is 0. The van der Waals surface area contributed by atoms with Crippen LogP contribution in [0.4, 0.5) is 5.69 Å². The number of anilines is 1. The van der Waals surface area contributed by atoms with Crippen molar-refractivity contribution in [3.8, 4) is 22.5 Å². The van der Waals surface area contributed by atoms with Crippen molar-refractivity contribution in [2.45, 2.75) is 13.5 Å². The molecule has 28 heavy (non-hydrogen) atoms. The second kappa shape index (κ2) is 7.88. The Labute approximate surface area is 163 Å². The van der Waals surface area contributed by atoms with Crippen LogP contribution < -0.4 is 5.32 Å². The molecule has 0 fully saturated rings. The number of para-hydroxylation sites is 1. The number of nitrogens with one attached hydrogen (secondary N) is 1. The van der Waals surface area contributed by atoms with Gasteiger partial charge in [0.25, 0.3) is 0 Å². The van der Waals surface area contributed by atoms with Gasteiger partial charge in [0.2, 0.25) is 5.91 Å². The van der Waals surface area contributed by atoms with Gasteiger partial charge in [-0.2, -0.15) is 5.10 Å². The fourth-order valence-corrected chi connectivity index (χ4v) is 3.15. The molecule has 138 valence electrons. The van der Waals surface area contributed by atoms with E-state index in [0.29, 0.717) is 11.6 Å². The molecule has 0 aliphatic heterocycles. The Bertz CT molecular complexity index is 1090. The number of benzene rings is 3. The van der Waals surface area contributed by atoms with Gasteiger partial charge in [0, 0.05) is 16.8 Å². The number of hydrogen-bond donors (Lipinski definition) is 1. The van der Waals surface area contributed by atoms with E-state index in [9.17, 15) is 4.79 Å². The van der Waals surface area contributed by atoms with Crippen LogP contribution in [0, 0.1) is 6.92 Å². The van der Waals surface area contributed by atoms with Crippen molar-refractivity contribution in [2.75, 3.05) is 5.32 Å². The van der Waals surface area contributed by atoms with E-state index in [1.54, 1.807) is 4.68 Å². The normalized spacial score (nSPS) is 10.6. The van der Waals surface area contributed by atoms with Crippen LogP contribution in [-0.2, 0) is 11.3 Å². The molecule has 5 heteroatoms. The van der Waals surface area contributed by atoms with Crippen LogP contribution in [0.1, 0.15) is 5.82 Å². The van der Waals surface area contributed by atoms with E-state index in [0.717, 1.165) is 22.4 Å². The van der Waals surface area contributed by atoms with E-state index >= 15 is 0 Å². The van der Waals surface area contributed by atoms with Crippen molar-refractivity contribution >= 4 is 11.6 Å². The van der Waals surface area contributed by atoms with Crippen LogP contribution in [0.2, 0.25) is 0 Å². The Morgan fingerprint density at radius 1 is 0.857 bits per heavy atom. The minimum Gasteiger partial charge on any atom is -0.324 e. The van der Waals surface area contributed by atoms with Gasteiger partial charge in [0.05, 0.1) is 0 Å². The maximum atomic E-state index is 12.8. The quantitative estimate of drug-likeness (QED) is 0.562. The predicted molar refractivity (Wildman–Crippen MR) is 111 cm³/mol. The average molecular weight is 368 g/mol. The molecule has 0 spiro atoms. The minimum absolute atomic E-state index is 0.0915. The third kappa shape index (κ3) is 3.83. The second-order valence-corrected chi connectivity index (χ2v) is 6.47. The molecule has 4 rings (SSSR count). The summed E-state index contributed by atoms with van der Waals surface area (Å²) < 4.78 is 1.64. The highest BCUT2D eigenvalue weighted by Crippen LogP contribution is 2.27. The first-order valence-corrected chi connectivity index (χ1v) is 9.12. The molecule has 0 saturated heterocycles. The number of carbonyl (C=O) groups is 1. The van der Waals surface area contributed by atoms with Crippen molar-refractivity contribution in [2.24, 2.45) is 0 Å². The van der Waals surface area contributed by atoms with Crippen molar-refractivity contribution in [3.05, 3.63) is 90.8 Å². The highest BCUT2D eigenvalue weighted by molar-refractivity contribution is 5.95. The molecule has 1 N–H and O–H groups in total. The second-order valence-electron chi connectivity index (χ2n) is 6.47. The number of amides is 1. The fraction of sp³-hybridized carbons (Fsp3) is 0.0870. The number of aromatic nitrogens is 3. The molecule has 5 nitrogen and oxygen atoms in total. The highest BCUT2D eigenvalue weighted by atomic mass is 16.2. The lowest BCUT2D eigenvalue weighted by molar-refractivity contribution is -0.116. The first kappa shape index (κ1) is 17.7. The van der Waals surface area contributed by atoms with Gasteiger partial charge in [0.1, 0.15) is 12.4 Å². The topological polar surface area (TPSA) is 59.8 Å². The molecule has 1 heterocycles. The summed E-state index contributed by atoms with van der Waals surface area (Å²) in [6.45, 7) is 1.92. The first-order valence-electron chi connectivity index (χ1n) is 9.12. The summed E-state index contributed by atoms with van der Waals surface area (Å²) in [5, 5.41) is 7.41. The molecule has 0 aliphatic rings. The average Bonchev–Trinajstić information content (AvgIpc) is 3.09. The van der Waals surface area contributed by atoms with E-state index in [1.807, 2.05) is 91.9 Å². The standard InChI is InChI=1S/C23H20N4O/c1-17-24-23(19-12-6-3-7-13-19)27(26-17)16-22(28)25-21-15-9-8-14-20(21)18-10-4-2-5-11-18/h2-15H,16H2,1H3,(H,25,28). The van der Waals surface area contributed by atoms with E-state index in [2.05, 4.69) is 15.4 Å². The lowest BCUT2D eigenvalue weighted by Crippen LogP contribution is -2.20. The van der Waals surface area contributed by atoms with Crippen molar-refractivity contribution in [1.82, 2.24) is 14.8 Å². The van der Waals surface area contributed by atoms with Crippen LogP contribution in [0.15, 0.2) is 84.9 Å². The van der Waals surface area contributed by atoms with E-state index in [-0.39, 0.29) is 12.5 Å². The largest absolute Gasteiger partial charge is 0.324 e. The summed E-state index contributed by atoms with van der Waals surface area (Å²) in [5.74, 6) is 1.17. The molecule has 0 bridgehead atoms. The van der Waals surface area contributed by atoms with Crippen molar-refractivity contribution < 1.29 is 4.79 Å². The lowest BCUT2D eigenvalue weighted by Gasteiger charge is -2.12. The zero-order valence-corrected chi connectivity index (χ0v) is 15.5. The monoisotopic (exact) mass is 368 g/mol. The number of aryl methyl sites for hydroxylation is 1. The molecular weight excluding hydrogens is 348 g/mol. The van der Waals surface area contributed by atoms with Crippen LogP contribution >= 0.6 is 0 Å². The molecule has 1 amide bonds. The van der Waals surface area contributed by atoms with Crippen LogP contribution in [0.25, 0.3) is 22.5 Å². The van der Waals surface area contributed by atoms with E-state index in [4.69, 9.17) is 0 Å². The van der Waals surface area contributed by atoms with Gasteiger partial charge in [0.15, 0.2) is 5.82 Å². The maximum absolute atomic E-state index is 12.8. The van der Waals surface area contributed by atoms with Gasteiger partial charge in [-0.3, -0.25) is 4.79 Å². The summed E-state index contributed by atoms with van der Waals surface area (Å²) in [5.41, 5.74) is 3.74. The summed E-state index contributed by atoms with van der Waals surface area (Å²) in [4.78, 5) is 17.2. The molecule has 0 aliphatic carbocycles. The predicted octanol–water partition coefficient (Wildman–Crippen LogP) is 4.56. The Kier molecular flexibility index (Phi) is 4.97. The van der Waals surface area contributed by atoms with Gasteiger partial charge < -0.3 is 5.32 Å². The maximum Gasteiger partial charge on any atom is 0.246 e. The zero-order valence-electron chi connectivity index (χ0n) is 15.5. The summed E-state index contributed by atoms with van der Waals surface area (Å²) in [6.07, 6.45) is 0. The zero-order chi connectivity index (χ0) is 19.3. The van der Waals surface area contributed by atoms with Crippen LogP contribution in [0.3, 0.4) is 0 Å². The highest BCUT2D eigenvalue weighted by Gasteiger charge is 2.14. The van der Waals surface area contributed by atoms with Gasteiger partial charge >= 0.3 is 0 Å². The molecule has 0 atom stereocenters. The summed E-state index contributed by atoms with van der Waals surface area (Å²) in [6, 6.07) is 27.5. The Hall–Kier alpha value is -3.73. The Morgan fingerprint density at radius 3 is 2.18 bits per heavy atom. The lowest BCUT2D eigenvalue weighted by atomic mass is 10.0. The van der Waals surface area contributed by atoms with Crippen LogP contribution in [-0.4, -0.2) is 20.7 Å². The smallest absolute Gasteiger partial charge is 0.246 e. The fourth-order valence-electron chi connectivity index (χ4n) is 3.15. The van der Waals surface area contributed by atoms with E-state index < -0.39 is 0 Å². The van der Waals surface area contributed by atoms with Crippen molar-refractivity contribution in [1.29, 1.82) is 0 Å². The minimum atomic E-state index is -0.148. The molecule has 0 radical (unpaired) electrons. The number of carbonyl (C=O) groups excluding carboxylic acids is 1. The SMILES string of the molecule is Cc1nc(-c2ccccc2)n(CC(=O)Nc2ccccc2-c2ccccc2)n1. The molecular formula is C23H20N4O. The molecule has 0 unspecified atom stereocenters. The number of nitrogens with zero attached hydrogens (tertiary/aromatic N) is 3. The van der Waals surface area contributed by atoms with Crippen LogP contribution in [0.5, 0.6) is 0 Å². The molecule has 4 aromatic rings. The number of rotatable bonds is 5. The molecule has 1 aromatic heterocycles. The van der Waals surface area contributed by atoms with E-state index in [1.165, 1.54) is 0 Å².